The molecule has 0 saturated heterocycles. The Labute approximate surface area is 207 Å². The Morgan fingerprint density at radius 3 is 2.41 bits per heavy atom. The van der Waals surface area contributed by atoms with Crippen LogP contribution in [0.2, 0.25) is 0 Å². The summed E-state index contributed by atoms with van der Waals surface area (Å²) in [6.07, 6.45) is 1.10. The molecule has 0 fully saturated rings. The number of nitrogens with zero attached hydrogens (tertiary/aromatic N) is 1. The first-order valence-corrected chi connectivity index (χ1v) is 12.1. The molecule has 3 rings (SSSR count). The zero-order valence-corrected chi connectivity index (χ0v) is 21.1. The number of benzene rings is 2. The highest BCUT2D eigenvalue weighted by Gasteiger charge is 2.34. The molecular weight excluding hydrogens is 446 g/mol. The van der Waals surface area contributed by atoms with Gasteiger partial charge in [0.15, 0.2) is 5.11 Å². The third-order valence-electron chi connectivity index (χ3n) is 5.69. The Balaban J connectivity index is 1.73. The average molecular weight is 480 g/mol. The lowest BCUT2D eigenvalue weighted by atomic mass is 9.94. The maximum Gasteiger partial charge on any atom is 0.338 e. The number of aryl methyl sites for hydroxylation is 1. The predicted octanol–water partition coefficient (Wildman–Crippen LogP) is 4.98. The molecule has 180 valence electrons. The van der Waals surface area contributed by atoms with Gasteiger partial charge < -0.3 is 20.3 Å². The van der Waals surface area contributed by atoms with Crippen LogP contribution < -0.4 is 10.6 Å². The van der Waals surface area contributed by atoms with E-state index in [0.717, 1.165) is 16.8 Å². The smallest absolute Gasteiger partial charge is 0.338 e. The summed E-state index contributed by atoms with van der Waals surface area (Å²) in [5, 5.41) is 6.81. The normalized spacial score (nSPS) is 15.9. The lowest BCUT2D eigenvalue weighted by molar-refractivity contribution is -0.140. The van der Waals surface area contributed by atoms with Crippen LogP contribution in [0.5, 0.6) is 0 Å². The van der Waals surface area contributed by atoms with Gasteiger partial charge in [0.25, 0.3) is 0 Å². The van der Waals surface area contributed by atoms with E-state index in [-0.39, 0.29) is 17.8 Å². The monoisotopic (exact) mass is 479 g/mol. The standard InChI is InChI=1S/C27H33N3O3S/c1-5-30-19(4)24(26(32)33-17-18(2)3)25(29-27(30)34)21-12-14-22(15-13-21)28-23(31)16-11-20-9-7-6-8-10-20/h6-10,12-15,18,25H,5,11,16-17H2,1-4H3,(H,28,31)(H,29,34)/t25-/m0/s1. The Hall–Kier alpha value is -3.19. The van der Waals surface area contributed by atoms with Gasteiger partial charge in [0.05, 0.1) is 18.2 Å². The van der Waals surface area contributed by atoms with Crippen molar-refractivity contribution in [1.29, 1.82) is 0 Å². The van der Waals surface area contributed by atoms with Gasteiger partial charge in [-0.3, -0.25) is 4.79 Å². The lowest BCUT2D eigenvalue weighted by Gasteiger charge is -2.37. The first-order chi connectivity index (χ1) is 16.3. The van der Waals surface area contributed by atoms with Gasteiger partial charge in [0.1, 0.15) is 0 Å². The number of amides is 1. The zero-order valence-electron chi connectivity index (χ0n) is 20.3. The Morgan fingerprint density at radius 1 is 1.12 bits per heavy atom. The Morgan fingerprint density at radius 2 is 1.79 bits per heavy atom. The summed E-state index contributed by atoms with van der Waals surface area (Å²) in [4.78, 5) is 27.3. The predicted molar refractivity (Wildman–Crippen MR) is 139 cm³/mol. The first kappa shape index (κ1) is 25.4. The van der Waals surface area contributed by atoms with Gasteiger partial charge in [-0.1, -0.05) is 56.3 Å². The summed E-state index contributed by atoms with van der Waals surface area (Å²) in [5.41, 5.74) is 4.06. The fourth-order valence-electron chi connectivity index (χ4n) is 3.88. The maximum atomic E-state index is 13.0. The molecule has 7 heteroatoms. The molecule has 34 heavy (non-hydrogen) atoms. The highest BCUT2D eigenvalue weighted by molar-refractivity contribution is 7.80. The van der Waals surface area contributed by atoms with E-state index >= 15 is 0 Å². The van der Waals surface area contributed by atoms with E-state index in [4.69, 9.17) is 17.0 Å². The second-order valence-corrected chi connectivity index (χ2v) is 9.16. The highest BCUT2D eigenvalue weighted by Crippen LogP contribution is 2.32. The number of allylic oxidation sites excluding steroid dienone is 1. The molecule has 0 bridgehead atoms. The number of thiocarbonyl (C=S) groups is 1. The molecule has 2 aromatic rings. The Bertz CT molecular complexity index is 1050. The molecule has 1 aliphatic rings. The van der Waals surface area contributed by atoms with Crippen LogP contribution >= 0.6 is 12.2 Å². The van der Waals surface area contributed by atoms with Gasteiger partial charge in [-0.25, -0.2) is 4.79 Å². The zero-order chi connectivity index (χ0) is 24.7. The summed E-state index contributed by atoms with van der Waals surface area (Å²) in [7, 11) is 0. The number of carbonyl (C=O) groups excluding carboxylic acids is 2. The summed E-state index contributed by atoms with van der Waals surface area (Å²) in [6, 6.07) is 17.0. The summed E-state index contributed by atoms with van der Waals surface area (Å²) in [5.74, 6) is -0.142. The summed E-state index contributed by atoms with van der Waals surface area (Å²) in [6.45, 7) is 8.91. The van der Waals surface area contributed by atoms with Crippen molar-refractivity contribution < 1.29 is 14.3 Å². The van der Waals surface area contributed by atoms with Crippen molar-refractivity contribution in [1.82, 2.24) is 10.2 Å². The molecule has 1 aliphatic heterocycles. The third-order valence-corrected chi connectivity index (χ3v) is 6.03. The summed E-state index contributed by atoms with van der Waals surface area (Å²) >= 11 is 5.55. The van der Waals surface area contributed by atoms with Crippen molar-refractivity contribution in [2.75, 3.05) is 18.5 Å². The quantitative estimate of drug-likeness (QED) is 0.390. The van der Waals surface area contributed by atoms with Crippen LogP contribution in [0.25, 0.3) is 0 Å². The number of rotatable bonds is 9. The highest BCUT2D eigenvalue weighted by atomic mass is 32.1. The number of esters is 1. The minimum atomic E-state index is -0.419. The van der Waals surface area contributed by atoms with Gasteiger partial charge in [-0.05, 0) is 61.7 Å². The molecule has 0 spiro atoms. The summed E-state index contributed by atoms with van der Waals surface area (Å²) < 4.78 is 5.57. The fourth-order valence-corrected chi connectivity index (χ4v) is 4.27. The molecule has 1 atom stereocenters. The van der Waals surface area contributed by atoms with Crippen molar-refractivity contribution in [2.24, 2.45) is 5.92 Å². The average Bonchev–Trinajstić information content (AvgIpc) is 2.82. The largest absolute Gasteiger partial charge is 0.462 e. The van der Waals surface area contributed by atoms with Crippen LogP contribution in [0.4, 0.5) is 5.69 Å². The number of ether oxygens (including phenoxy) is 1. The van der Waals surface area contributed by atoms with Crippen LogP contribution in [0.3, 0.4) is 0 Å². The van der Waals surface area contributed by atoms with E-state index < -0.39 is 6.04 Å². The number of anilines is 1. The molecule has 1 heterocycles. The van der Waals surface area contributed by atoms with Gasteiger partial charge in [-0.2, -0.15) is 0 Å². The number of hydrogen-bond acceptors (Lipinski definition) is 4. The SMILES string of the molecule is CCN1C(=S)N[C@@H](c2ccc(NC(=O)CCc3ccccc3)cc2)C(C(=O)OCC(C)C)=C1C. The van der Waals surface area contributed by atoms with Gasteiger partial charge in [0, 0.05) is 24.4 Å². The molecular formula is C27H33N3O3S. The van der Waals surface area contributed by atoms with Crippen molar-refractivity contribution in [3.8, 4) is 0 Å². The van der Waals surface area contributed by atoms with Crippen molar-refractivity contribution in [2.45, 2.75) is 46.6 Å². The van der Waals surface area contributed by atoms with Crippen molar-refractivity contribution in [3.63, 3.8) is 0 Å². The van der Waals surface area contributed by atoms with E-state index in [1.165, 1.54) is 0 Å². The number of hydrogen-bond donors (Lipinski definition) is 2. The van der Waals surface area contributed by atoms with Crippen LogP contribution in [0.1, 0.15) is 51.3 Å². The minimum Gasteiger partial charge on any atom is -0.462 e. The number of nitrogens with one attached hydrogen (secondary N) is 2. The molecule has 0 aliphatic carbocycles. The second kappa shape index (κ2) is 11.8. The second-order valence-electron chi connectivity index (χ2n) is 8.77. The first-order valence-electron chi connectivity index (χ1n) is 11.7. The topological polar surface area (TPSA) is 70.7 Å². The van der Waals surface area contributed by atoms with Crippen LogP contribution in [-0.4, -0.2) is 35.0 Å². The van der Waals surface area contributed by atoms with Gasteiger partial charge in [0.2, 0.25) is 5.91 Å². The lowest BCUT2D eigenvalue weighted by Crippen LogP contribution is -2.47. The van der Waals surface area contributed by atoms with Crippen LogP contribution in [0.15, 0.2) is 65.9 Å². The van der Waals surface area contributed by atoms with E-state index in [0.29, 0.717) is 42.4 Å². The van der Waals surface area contributed by atoms with E-state index in [1.54, 1.807) is 0 Å². The molecule has 2 N–H and O–H groups in total. The van der Waals surface area contributed by atoms with E-state index in [1.807, 2.05) is 87.2 Å². The van der Waals surface area contributed by atoms with E-state index in [2.05, 4.69) is 10.6 Å². The van der Waals surface area contributed by atoms with Crippen LogP contribution in [0, 0.1) is 5.92 Å². The third kappa shape index (κ3) is 6.44. The molecule has 6 nitrogen and oxygen atoms in total. The van der Waals surface area contributed by atoms with Crippen molar-refractivity contribution in [3.05, 3.63) is 77.0 Å². The van der Waals surface area contributed by atoms with Gasteiger partial charge >= 0.3 is 5.97 Å². The van der Waals surface area contributed by atoms with Gasteiger partial charge in [-0.15, -0.1) is 0 Å². The molecule has 2 aromatic carbocycles. The van der Waals surface area contributed by atoms with Crippen LogP contribution in [-0.2, 0) is 20.7 Å². The van der Waals surface area contributed by atoms with Crippen molar-refractivity contribution >= 4 is 34.9 Å². The molecule has 0 aromatic heterocycles. The molecule has 1 amide bonds. The molecule has 0 saturated carbocycles. The van der Waals surface area contributed by atoms with E-state index in [9.17, 15) is 9.59 Å². The molecule has 0 radical (unpaired) electrons. The minimum absolute atomic E-state index is 0.0409. The molecule has 0 unspecified atom stereocenters. The Kier molecular flexibility index (Phi) is 8.82. The fraction of sp³-hybridized carbons (Fsp3) is 0.370. The number of carbonyl (C=O) groups is 2. The maximum absolute atomic E-state index is 13.0.